The van der Waals surface area contributed by atoms with Crippen LogP contribution in [0.25, 0.3) is 0 Å². The fourth-order valence-electron chi connectivity index (χ4n) is 3.89. The summed E-state index contributed by atoms with van der Waals surface area (Å²) in [6.07, 6.45) is 3.61. The normalized spacial score (nSPS) is 19.5. The Bertz CT molecular complexity index is 962. The van der Waals surface area contributed by atoms with Crippen molar-refractivity contribution in [3.63, 3.8) is 0 Å². The zero-order valence-corrected chi connectivity index (χ0v) is 17.4. The number of carbonyl (C=O) groups is 1. The molecule has 1 amide bonds. The summed E-state index contributed by atoms with van der Waals surface area (Å²) in [6.45, 7) is 7.39. The smallest absolute Gasteiger partial charge is 0.255 e. The Morgan fingerprint density at radius 1 is 1.07 bits per heavy atom. The topological polar surface area (TPSA) is 72.3 Å². The second-order valence-corrected chi connectivity index (χ2v) is 7.85. The van der Waals surface area contributed by atoms with Crippen molar-refractivity contribution in [2.24, 2.45) is 0 Å². The van der Waals surface area contributed by atoms with Crippen LogP contribution in [0, 0.1) is 0 Å². The summed E-state index contributed by atoms with van der Waals surface area (Å²) < 4.78 is 7.58. The van der Waals surface area contributed by atoms with E-state index < -0.39 is 0 Å². The van der Waals surface area contributed by atoms with Gasteiger partial charge in [0.1, 0.15) is 12.7 Å². The van der Waals surface area contributed by atoms with Crippen LogP contribution in [0.3, 0.4) is 0 Å². The average Bonchev–Trinajstić information content (AvgIpc) is 3.22. The van der Waals surface area contributed by atoms with Gasteiger partial charge in [0, 0.05) is 30.9 Å². The summed E-state index contributed by atoms with van der Waals surface area (Å²) in [7, 11) is 0. The van der Waals surface area contributed by atoms with Crippen molar-refractivity contribution in [2.45, 2.75) is 39.1 Å². The number of ether oxygens (including phenoxy) is 1. The summed E-state index contributed by atoms with van der Waals surface area (Å²) >= 11 is 0. The molecule has 0 radical (unpaired) electrons. The highest BCUT2D eigenvalue weighted by Crippen LogP contribution is 2.21. The minimum Gasteiger partial charge on any atom is -0.373 e. The first kappa shape index (κ1) is 20.3. The molecule has 2 unspecified atom stereocenters. The monoisotopic (exact) mass is 405 g/mol. The second-order valence-electron chi connectivity index (χ2n) is 7.85. The van der Waals surface area contributed by atoms with Crippen molar-refractivity contribution in [3.8, 4) is 0 Å². The highest BCUT2D eigenvalue weighted by atomic mass is 16.5. The minimum absolute atomic E-state index is 0.113. The van der Waals surface area contributed by atoms with Gasteiger partial charge in [0.15, 0.2) is 0 Å². The van der Waals surface area contributed by atoms with E-state index in [9.17, 15) is 4.79 Å². The van der Waals surface area contributed by atoms with Gasteiger partial charge in [-0.15, -0.1) is 0 Å². The lowest BCUT2D eigenvalue weighted by molar-refractivity contribution is -0.0704. The maximum absolute atomic E-state index is 12.8. The molecule has 7 nitrogen and oxygen atoms in total. The molecule has 30 heavy (non-hydrogen) atoms. The molecule has 0 saturated carbocycles. The molecule has 0 aliphatic carbocycles. The fourth-order valence-corrected chi connectivity index (χ4v) is 3.89. The van der Waals surface area contributed by atoms with Crippen LogP contribution in [0.15, 0.2) is 61.2 Å². The second kappa shape index (κ2) is 9.19. The maximum atomic E-state index is 12.8. The SMILES string of the molecule is CC1CN(Cc2ccccc2NC(=O)c2ccc(Cn3cncn3)cc2)CC(C)O1. The van der Waals surface area contributed by atoms with Crippen LogP contribution in [0.5, 0.6) is 0 Å². The molecule has 156 valence electrons. The van der Waals surface area contributed by atoms with E-state index >= 15 is 0 Å². The first-order chi connectivity index (χ1) is 14.6. The third kappa shape index (κ3) is 5.11. The standard InChI is InChI=1S/C23H27N5O2/c1-17-11-27(12-18(2)30-17)14-21-5-3-4-6-22(21)26-23(29)20-9-7-19(8-10-20)13-28-16-24-15-25-28/h3-10,15-18H,11-14H2,1-2H3,(H,26,29). The molecule has 1 aliphatic heterocycles. The van der Waals surface area contributed by atoms with E-state index in [1.165, 1.54) is 6.33 Å². The lowest BCUT2D eigenvalue weighted by atomic mass is 10.1. The summed E-state index contributed by atoms with van der Waals surface area (Å²) in [5.41, 5.74) is 3.64. The predicted molar refractivity (Wildman–Crippen MR) is 115 cm³/mol. The molecular formula is C23H27N5O2. The zero-order chi connectivity index (χ0) is 20.9. The van der Waals surface area contributed by atoms with Gasteiger partial charge in [-0.25, -0.2) is 9.67 Å². The number of aromatic nitrogens is 3. The van der Waals surface area contributed by atoms with Crippen LogP contribution < -0.4 is 5.32 Å². The molecule has 1 aliphatic rings. The van der Waals surface area contributed by atoms with Gasteiger partial charge in [0.25, 0.3) is 5.91 Å². The molecule has 2 aromatic carbocycles. The van der Waals surface area contributed by atoms with Gasteiger partial charge >= 0.3 is 0 Å². The van der Waals surface area contributed by atoms with Gasteiger partial charge in [-0.2, -0.15) is 5.10 Å². The molecule has 7 heteroatoms. The molecule has 2 atom stereocenters. The van der Waals surface area contributed by atoms with Gasteiger partial charge in [0.2, 0.25) is 0 Å². The van der Waals surface area contributed by atoms with Crippen molar-refractivity contribution < 1.29 is 9.53 Å². The van der Waals surface area contributed by atoms with E-state index in [-0.39, 0.29) is 18.1 Å². The largest absolute Gasteiger partial charge is 0.373 e. The fraction of sp³-hybridized carbons (Fsp3) is 0.348. The van der Waals surface area contributed by atoms with Gasteiger partial charge in [-0.1, -0.05) is 30.3 Å². The van der Waals surface area contributed by atoms with Gasteiger partial charge in [0.05, 0.1) is 18.8 Å². The highest BCUT2D eigenvalue weighted by Gasteiger charge is 2.23. The Kier molecular flexibility index (Phi) is 6.21. The van der Waals surface area contributed by atoms with Crippen molar-refractivity contribution >= 4 is 11.6 Å². The lowest BCUT2D eigenvalue weighted by Gasteiger charge is -2.35. The van der Waals surface area contributed by atoms with E-state index in [1.807, 2.05) is 42.5 Å². The number of anilines is 1. The van der Waals surface area contributed by atoms with Crippen LogP contribution >= 0.6 is 0 Å². The lowest BCUT2D eigenvalue weighted by Crippen LogP contribution is -2.44. The van der Waals surface area contributed by atoms with Crippen LogP contribution in [0.2, 0.25) is 0 Å². The van der Waals surface area contributed by atoms with Crippen molar-refractivity contribution in [1.29, 1.82) is 0 Å². The van der Waals surface area contributed by atoms with Gasteiger partial charge < -0.3 is 10.1 Å². The maximum Gasteiger partial charge on any atom is 0.255 e. The zero-order valence-electron chi connectivity index (χ0n) is 17.4. The molecule has 1 fully saturated rings. The Morgan fingerprint density at radius 2 is 1.80 bits per heavy atom. The summed E-state index contributed by atoms with van der Waals surface area (Å²) in [6, 6.07) is 15.6. The first-order valence-corrected chi connectivity index (χ1v) is 10.3. The van der Waals surface area contributed by atoms with E-state index in [0.717, 1.165) is 36.4 Å². The van der Waals surface area contributed by atoms with E-state index in [4.69, 9.17) is 4.74 Å². The van der Waals surface area contributed by atoms with Crippen molar-refractivity contribution in [2.75, 3.05) is 18.4 Å². The number of carbonyl (C=O) groups excluding carboxylic acids is 1. The molecule has 4 rings (SSSR count). The van der Waals surface area contributed by atoms with E-state index in [1.54, 1.807) is 11.0 Å². The number of benzene rings is 2. The highest BCUT2D eigenvalue weighted by molar-refractivity contribution is 6.04. The number of nitrogens with zero attached hydrogens (tertiary/aromatic N) is 4. The van der Waals surface area contributed by atoms with E-state index in [0.29, 0.717) is 12.1 Å². The quantitative estimate of drug-likeness (QED) is 0.682. The van der Waals surface area contributed by atoms with Crippen LogP contribution in [-0.4, -0.2) is 50.9 Å². The number of hydrogen-bond acceptors (Lipinski definition) is 5. The molecule has 0 bridgehead atoms. The molecule has 2 heterocycles. The summed E-state index contributed by atoms with van der Waals surface area (Å²) in [5, 5.41) is 7.19. The number of morpholine rings is 1. The van der Waals surface area contributed by atoms with Crippen molar-refractivity contribution in [3.05, 3.63) is 77.9 Å². The number of hydrogen-bond donors (Lipinski definition) is 1. The Balaban J connectivity index is 1.42. The molecule has 1 saturated heterocycles. The number of para-hydroxylation sites is 1. The van der Waals surface area contributed by atoms with Gasteiger partial charge in [-0.3, -0.25) is 9.69 Å². The molecule has 0 spiro atoms. The molecule has 1 aromatic heterocycles. The van der Waals surface area contributed by atoms with Crippen LogP contribution in [0.4, 0.5) is 5.69 Å². The number of nitrogens with one attached hydrogen (secondary N) is 1. The first-order valence-electron chi connectivity index (χ1n) is 10.3. The number of rotatable bonds is 6. The van der Waals surface area contributed by atoms with Crippen LogP contribution in [-0.2, 0) is 17.8 Å². The summed E-state index contributed by atoms with van der Waals surface area (Å²) in [5.74, 6) is -0.113. The Morgan fingerprint density at radius 3 is 2.50 bits per heavy atom. The van der Waals surface area contributed by atoms with Crippen LogP contribution in [0.1, 0.15) is 35.3 Å². The third-order valence-corrected chi connectivity index (χ3v) is 5.18. The Labute approximate surface area is 176 Å². The Hall–Kier alpha value is -3.03. The molecular weight excluding hydrogens is 378 g/mol. The minimum atomic E-state index is -0.113. The van der Waals surface area contributed by atoms with Crippen molar-refractivity contribution in [1.82, 2.24) is 19.7 Å². The van der Waals surface area contributed by atoms with E-state index in [2.05, 4.69) is 40.2 Å². The van der Waals surface area contributed by atoms with Gasteiger partial charge in [-0.05, 0) is 43.2 Å². The summed E-state index contributed by atoms with van der Waals surface area (Å²) in [4.78, 5) is 19.1. The molecule has 1 N–H and O–H groups in total. The molecule has 3 aromatic rings. The third-order valence-electron chi connectivity index (χ3n) is 5.18. The number of amides is 1. The average molecular weight is 406 g/mol. The predicted octanol–water partition coefficient (Wildman–Crippen LogP) is 3.19.